The minimum absolute atomic E-state index is 0.000316. The highest BCUT2D eigenvalue weighted by Crippen LogP contribution is 2.31. The normalized spacial score (nSPS) is 12.4. The molecule has 0 unspecified atom stereocenters. The molecule has 8 heteroatoms. The molecule has 1 aromatic rings. The number of amides is 1. The summed E-state index contributed by atoms with van der Waals surface area (Å²) in [5, 5.41) is 11.3. The van der Waals surface area contributed by atoms with Gasteiger partial charge in [-0.25, -0.2) is 9.18 Å². The zero-order valence-electron chi connectivity index (χ0n) is 13.3. The fourth-order valence-electron chi connectivity index (χ4n) is 1.89. The topological polar surface area (TPSA) is 84.9 Å². The zero-order valence-corrected chi connectivity index (χ0v) is 13.3. The molecule has 1 rings (SSSR count). The van der Waals surface area contributed by atoms with Crippen molar-refractivity contribution in [3.05, 3.63) is 29.3 Å². The number of methoxy groups -OCH3 is 1. The quantitative estimate of drug-likeness (QED) is 0.866. The third-order valence-electron chi connectivity index (χ3n) is 2.73. The van der Waals surface area contributed by atoms with Crippen LogP contribution in [0.25, 0.3) is 0 Å². The van der Waals surface area contributed by atoms with E-state index < -0.39 is 47.5 Å². The van der Waals surface area contributed by atoms with Gasteiger partial charge in [0.15, 0.2) is 11.6 Å². The van der Waals surface area contributed by atoms with Crippen molar-refractivity contribution >= 4 is 12.1 Å². The number of carbonyl (C=O) groups excluding carboxylic acids is 1. The average Bonchev–Trinajstić information content (AvgIpc) is 2.38. The number of carboxylic acid groups (broad SMARTS) is 1. The summed E-state index contributed by atoms with van der Waals surface area (Å²) in [5.74, 6) is -4.10. The fraction of sp³-hybridized carbons (Fsp3) is 0.467. The highest BCUT2D eigenvalue weighted by Gasteiger charge is 2.27. The van der Waals surface area contributed by atoms with Crippen molar-refractivity contribution in [1.29, 1.82) is 0 Å². The first-order valence-corrected chi connectivity index (χ1v) is 6.78. The molecule has 6 nitrogen and oxygen atoms in total. The van der Waals surface area contributed by atoms with Crippen molar-refractivity contribution in [2.75, 3.05) is 7.11 Å². The molecule has 2 N–H and O–H groups in total. The Morgan fingerprint density at radius 1 is 1.30 bits per heavy atom. The van der Waals surface area contributed by atoms with Gasteiger partial charge in [-0.1, -0.05) is 6.07 Å². The van der Waals surface area contributed by atoms with Crippen molar-refractivity contribution in [1.82, 2.24) is 5.32 Å². The molecule has 23 heavy (non-hydrogen) atoms. The molecular weight excluding hydrogens is 312 g/mol. The molecule has 0 heterocycles. The Morgan fingerprint density at radius 2 is 1.91 bits per heavy atom. The van der Waals surface area contributed by atoms with Gasteiger partial charge >= 0.3 is 12.1 Å². The maximum atomic E-state index is 13.8. The second-order valence-corrected chi connectivity index (χ2v) is 5.78. The first kappa shape index (κ1) is 18.7. The van der Waals surface area contributed by atoms with E-state index in [2.05, 4.69) is 5.32 Å². The molecule has 1 amide bonds. The highest BCUT2D eigenvalue weighted by atomic mass is 19.2. The van der Waals surface area contributed by atoms with E-state index >= 15 is 0 Å². The Labute approximate surface area is 132 Å². The van der Waals surface area contributed by atoms with E-state index in [0.29, 0.717) is 0 Å². The number of hydrogen-bond donors (Lipinski definition) is 2. The average molecular weight is 331 g/mol. The number of carbonyl (C=O) groups is 2. The van der Waals surface area contributed by atoms with Gasteiger partial charge in [-0.3, -0.25) is 4.79 Å². The first-order chi connectivity index (χ1) is 10.5. The largest absolute Gasteiger partial charge is 0.493 e. The Bertz CT molecular complexity index is 598. The van der Waals surface area contributed by atoms with Gasteiger partial charge in [-0.15, -0.1) is 0 Å². The number of rotatable bonds is 5. The van der Waals surface area contributed by atoms with E-state index in [1.165, 1.54) is 0 Å². The molecule has 0 saturated heterocycles. The summed E-state index contributed by atoms with van der Waals surface area (Å²) in [6, 6.07) is 0.841. The highest BCUT2D eigenvalue weighted by molar-refractivity contribution is 5.72. The molecule has 128 valence electrons. The summed E-state index contributed by atoms with van der Waals surface area (Å²) in [5.41, 5.74) is -0.796. The SMILES string of the molecule is COc1c([C@@H](CC(=O)O)NC(=O)OC(C)(C)C)ccc(F)c1F. The van der Waals surface area contributed by atoms with E-state index in [-0.39, 0.29) is 5.56 Å². The van der Waals surface area contributed by atoms with Crippen LogP contribution in [-0.2, 0) is 9.53 Å². The molecule has 0 radical (unpaired) electrons. The summed E-state index contributed by atoms with van der Waals surface area (Å²) >= 11 is 0. The van der Waals surface area contributed by atoms with Crippen LogP contribution in [0.2, 0.25) is 0 Å². The summed E-state index contributed by atoms with van der Waals surface area (Å²) in [4.78, 5) is 22.8. The predicted octanol–water partition coefficient (Wildman–Crippen LogP) is 3.01. The van der Waals surface area contributed by atoms with Crippen molar-refractivity contribution in [2.24, 2.45) is 0 Å². The number of ether oxygens (including phenoxy) is 2. The number of halogens is 2. The van der Waals surface area contributed by atoms with Crippen molar-refractivity contribution in [3.8, 4) is 5.75 Å². The second kappa shape index (κ2) is 7.26. The molecule has 0 saturated carbocycles. The first-order valence-electron chi connectivity index (χ1n) is 6.78. The second-order valence-electron chi connectivity index (χ2n) is 5.78. The third-order valence-corrected chi connectivity index (χ3v) is 2.73. The lowest BCUT2D eigenvalue weighted by Gasteiger charge is -2.24. The van der Waals surface area contributed by atoms with Crippen LogP contribution in [0.4, 0.5) is 13.6 Å². The molecule has 1 atom stereocenters. The number of aliphatic carboxylic acids is 1. The van der Waals surface area contributed by atoms with Gasteiger partial charge in [0.1, 0.15) is 5.60 Å². The summed E-state index contributed by atoms with van der Waals surface area (Å²) in [6.07, 6.45) is -1.43. The van der Waals surface area contributed by atoms with Crippen molar-refractivity contribution < 1.29 is 33.0 Å². The number of benzene rings is 1. The number of hydrogen-bond acceptors (Lipinski definition) is 4. The maximum Gasteiger partial charge on any atom is 0.408 e. The summed E-state index contributed by atoms with van der Waals surface area (Å²) < 4.78 is 36.9. The number of carboxylic acids is 1. The summed E-state index contributed by atoms with van der Waals surface area (Å²) in [6.45, 7) is 4.91. The standard InChI is InChI=1S/C15H19F2NO5/c1-15(2,3)23-14(21)18-10(7-11(19)20)8-5-6-9(16)12(17)13(8)22-4/h5-6,10H,7H2,1-4H3,(H,18,21)(H,19,20)/t10-/m1/s1. The predicted molar refractivity (Wildman–Crippen MR) is 77.3 cm³/mol. The molecule has 0 aliphatic rings. The van der Waals surface area contributed by atoms with Gasteiger partial charge in [-0.05, 0) is 26.8 Å². The lowest BCUT2D eigenvalue weighted by atomic mass is 10.0. The minimum atomic E-state index is -1.26. The van der Waals surface area contributed by atoms with Crippen molar-refractivity contribution in [3.63, 3.8) is 0 Å². The van der Waals surface area contributed by atoms with Crippen LogP contribution in [-0.4, -0.2) is 29.9 Å². The number of nitrogens with one attached hydrogen (secondary N) is 1. The fourth-order valence-corrected chi connectivity index (χ4v) is 1.89. The lowest BCUT2D eigenvalue weighted by molar-refractivity contribution is -0.137. The molecular formula is C15H19F2NO5. The van der Waals surface area contributed by atoms with E-state index in [1.807, 2.05) is 0 Å². The van der Waals surface area contributed by atoms with Crippen LogP contribution >= 0.6 is 0 Å². The van der Waals surface area contributed by atoms with Crippen LogP contribution in [0.15, 0.2) is 12.1 Å². The van der Waals surface area contributed by atoms with Crippen LogP contribution in [0.5, 0.6) is 5.75 Å². The van der Waals surface area contributed by atoms with Crippen LogP contribution in [0.3, 0.4) is 0 Å². The Balaban J connectivity index is 3.15. The van der Waals surface area contributed by atoms with Gasteiger partial charge in [0.05, 0.1) is 19.6 Å². The van der Waals surface area contributed by atoms with Gasteiger partial charge in [-0.2, -0.15) is 4.39 Å². The molecule has 0 aromatic heterocycles. The van der Waals surface area contributed by atoms with Crippen LogP contribution in [0, 0.1) is 11.6 Å². The monoisotopic (exact) mass is 331 g/mol. The zero-order chi connectivity index (χ0) is 17.8. The summed E-state index contributed by atoms with van der Waals surface area (Å²) in [7, 11) is 1.12. The van der Waals surface area contributed by atoms with Gasteiger partial charge in [0, 0.05) is 5.56 Å². The van der Waals surface area contributed by atoms with Gasteiger partial charge < -0.3 is 19.9 Å². The Morgan fingerprint density at radius 3 is 2.39 bits per heavy atom. The molecule has 0 spiro atoms. The van der Waals surface area contributed by atoms with E-state index in [4.69, 9.17) is 14.6 Å². The molecule has 0 fully saturated rings. The van der Waals surface area contributed by atoms with E-state index in [0.717, 1.165) is 19.2 Å². The minimum Gasteiger partial charge on any atom is -0.493 e. The van der Waals surface area contributed by atoms with Crippen molar-refractivity contribution in [2.45, 2.75) is 38.8 Å². The van der Waals surface area contributed by atoms with Gasteiger partial charge in [0.25, 0.3) is 0 Å². The molecule has 1 aromatic carbocycles. The van der Waals surface area contributed by atoms with Gasteiger partial charge in [0.2, 0.25) is 5.82 Å². The Hall–Kier alpha value is -2.38. The smallest absolute Gasteiger partial charge is 0.408 e. The molecule has 0 bridgehead atoms. The van der Waals surface area contributed by atoms with E-state index in [9.17, 15) is 18.4 Å². The van der Waals surface area contributed by atoms with E-state index in [1.54, 1.807) is 20.8 Å². The lowest BCUT2D eigenvalue weighted by Crippen LogP contribution is -2.36. The van der Waals surface area contributed by atoms with Crippen LogP contribution < -0.4 is 10.1 Å². The maximum absolute atomic E-state index is 13.8. The third kappa shape index (κ3) is 5.39. The molecule has 0 aliphatic heterocycles. The Kier molecular flexibility index (Phi) is 5.89. The number of alkyl carbamates (subject to hydrolysis) is 1. The van der Waals surface area contributed by atoms with Crippen LogP contribution in [0.1, 0.15) is 38.8 Å². The molecule has 0 aliphatic carbocycles.